The maximum atomic E-state index is 12.3. The van der Waals surface area contributed by atoms with E-state index in [1.807, 2.05) is 0 Å². The van der Waals surface area contributed by atoms with Gasteiger partial charge in [0.05, 0.1) is 15.6 Å². The minimum absolute atomic E-state index is 0.127. The molecular formula is C15H16N2O7S2. The molecule has 0 aliphatic carbocycles. The molecule has 2 aromatic rings. The zero-order valence-corrected chi connectivity index (χ0v) is 15.5. The van der Waals surface area contributed by atoms with Crippen LogP contribution >= 0.6 is 0 Å². The molecule has 2 aromatic carbocycles. The molecule has 2 rings (SSSR count). The fourth-order valence-electron chi connectivity index (χ4n) is 1.99. The van der Waals surface area contributed by atoms with Gasteiger partial charge in [0.2, 0.25) is 10.0 Å². The lowest BCUT2D eigenvalue weighted by molar-refractivity contribution is -0.384. The number of hydroxylamine groups is 1. The van der Waals surface area contributed by atoms with Gasteiger partial charge in [0.15, 0.2) is 0 Å². The summed E-state index contributed by atoms with van der Waals surface area (Å²) in [7, 11) is -7.59. The molecule has 0 N–H and O–H groups in total. The highest BCUT2D eigenvalue weighted by Crippen LogP contribution is 2.19. The van der Waals surface area contributed by atoms with Crippen LogP contribution in [0.15, 0.2) is 53.4 Å². The molecule has 0 aliphatic rings. The Bertz CT molecular complexity index is 1020. The lowest BCUT2D eigenvalue weighted by atomic mass is 10.2. The predicted molar refractivity (Wildman–Crippen MR) is 92.9 cm³/mol. The average Bonchev–Trinajstić information content (AvgIpc) is 2.54. The number of rotatable bonds is 7. The second-order valence-corrected chi connectivity index (χ2v) is 8.93. The molecule has 9 nitrogen and oxygen atoms in total. The van der Waals surface area contributed by atoms with Crippen LogP contribution in [0.4, 0.5) is 5.69 Å². The van der Waals surface area contributed by atoms with Crippen molar-refractivity contribution in [3.8, 4) is 0 Å². The standard InChI is InChI=1S/C15H16N2O7S2/c1-12-6-8-15(9-7-12)26(22,23)24-16(2)25(20,21)11-13-4-3-5-14(10-13)17(18)19/h3-10H,11H2,1-2H3. The van der Waals surface area contributed by atoms with Gasteiger partial charge in [-0.25, -0.2) is 8.42 Å². The zero-order valence-electron chi connectivity index (χ0n) is 13.9. The van der Waals surface area contributed by atoms with E-state index in [2.05, 4.69) is 4.28 Å². The van der Waals surface area contributed by atoms with Gasteiger partial charge in [0.25, 0.3) is 5.69 Å². The van der Waals surface area contributed by atoms with E-state index in [4.69, 9.17) is 0 Å². The minimum Gasteiger partial charge on any atom is -0.258 e. The molecule has 0 spiro atoms. The Labute approximate surface area is 151 Å². The van der Waals surface area contributed by atoms with Crippen LogP contribution in [0.25, 0.3) is 0 Å². The first-order valence-electron chi connectivity index (χ1n) is 7.22. The van der Waals surface area contributed by atoms with Crippen molar-refractivity contribution < 1.29 is 26.0 Å². The van der Waals surface area contributed by atoms with E-state index in [0.29, 0.717) is 0 Å². The van der Waals surface area contributed by atoms with Crippen molar-refractivity contribution in [3.05, 3.63) is 69.8 Å². The summed E-state index contributed by atoms with van der Waals surface area (Å²) >= 11 is 0. The smallest absolute Gasteiger partial charge is 0.258 e. The third kappa shape index (κ3) is 4.85. The molecule has 0 aliphatic heterocycles. The fourth-order valence-corrected chi connectivity index (χ4v) is 4.22. The van der Waals surface area contributed by atoms with Crippen molar-refractivity contribution in [1.29, 1.82) is 0 Å². The van der Waals surface area contributed by atoms with Gasteiger partial charge in [-0.1, -0.05) is 34.3 Å². The number of nitro groups is 1. The van der Waals surface area contributed by atoms with E-state index < -0.39 is 30.8 Å². The van der Waals surface area contributed by atoms with Crippen LogP contribution in [0.5, 0.6) is 0 Å². The lowest BCUT2D eigenvalue weighted by Gasteiger charge is -2.16. The first kappa shape index (κ1) is 20.0. The Balaban J connectivity index is 2.19. The number of non-ortho nitro benzene ring substituents is 1. The van der Waals surface area contributed by atoms with E-state index in [1.165, 1.54) is 30.3 Å². The molecule has 0 amide bonds. The molecular weight excluding hydrogens is 384 g/mol. The highest BCUT2D eigenvalue weighted by atomic mass is 32.2. The number of hydrogen-bond acceptors (Lipinski definition) is 7. The monoisotopic (exact) mass is 400 g/mol. The summed E-state index contributed by atoms with van der Waals surface area (Å²) < 4.78 is 53.9. The summed E-state index contributed by atoms with van der Waals surface area (Å²) in [5.41, 5.74) is 0.687. The summed E-state index contributed by atoms with van der Waals surface area (Å²) in [6.45, 7) is 1.77. The summed E-state index contributed by atoms with van der Waals surface area (Å²) in [5.74, 6) is -0.658. The Morgan fingerprint density at radius 3 is 2.27 bits per heavy atom. The van der Waals surface area contributed by atoms with E-state index in [9.17, 15) is 26.9 Å². The Hall–Kier alpha value is -2.34. The molecule has 0 radical (unpaired) electrons. The summed E-state index contributed by atoms with van der Waals surface area (Å²) in [6, 6.07) is 10.7. The first-order valence-corrected chi connectivity index (χ1v) is 10.2. The molecule has 140 valence electrons. The van der Waals surface area contributed by atoms with E-state index in [0.717, 1.165) is 18.7 Å². The zero-order chi connectivity index (χ0) is 19.5. The summed E-state index contributed by atoms with van der Waals surface area (Å²) in [6.07, 6.45) is 0. The molecule has 26 heavy (non-hydrogen) atoms. The lowest BCUT2D eigenvalue weighted by Crippen LogP contribution is -2.31. The first-order chi connectivity index (χ1) is 12.0. The average molecular weight is 400 g/mol. The van der Waals surface area contributed by atoms with Gasteiger partial charge >= 0.3 is 10.1 Å². The largest absolute Gasteiger partial charge is 0.313 e. The van der Waals surface area contributed by atoms with Crippen LogP contribution in [-0.4, -0.2) is 33.3 Å². The molecule has 0 bridgehead atoms. The van der Waals surface area contributed by atoms with E-state index >= 15 is 0 Å². The second-order valence-electron chi connectivity index (χ2n) is 5.43. The minimum atomic E-state index is -4.33. The number of sulfonamides is 1. The number of nitrogens with zero attached hydrogens (tertiary/aromatic N) is 2. The quantitative estimate of drug-likeness (QED) is 0.514. The molecule has 0 unspecified atom stereocenters. The third-order valence-corrected chi connectivity index (χ3v) is 6.29. The SMILES string of the molecule is Cc1ccc(S(=O)(=O)ON(C)S(=O)(=O)Cc2cccc([N+](=O)[O-])c2)cc1. The van der Waals surface area contributed by atoms with Crippen molar-refractivity contribution >= 4 is 25.8 Å². The highest BCUT2D eigenvalue weighted by molar-refractivity contribution is 7.90. The molecule has 0 saturated heterocycles. The van der Waals surface area contributed by atoms with E-state index in [1.54, 1.807) is 19.1 Å². The van der Waals surface area contributed by atoms with Crippen LogP contribution in [0, 0.1) is 17.0 Å². The maximum absolute atomic E-state index is 12.3. The molecule has 0 heterocycles. The molecule has 11 heteroatoms. The molecule has 0 fully saturated rings. The van der Waals surface area contributed by atoms with Gasteiger partial charge < -0.3 is 0 Å². The number of hydrogen-bond donors (Lipinski definition) is 0. The third-order valence-electron chi connectivity index (χ3n) is 3.37. The summed E-state index contributed by atoms with van der Waals surface area (Å²) in [4.78, 5) is 9.91. The Kier molecular flexibility index (Phi) is 5.76. The predicted octanol–water partition coefficient (Wildman–Crippen LogP) is 1.99. The van der Waals surface area contributed by atoms with Gasteiger partial charge in [-0.05, 0) is 24.6 Å². The van der Waals surface area contributed by atoms with Gasteiger partial charge in [0.1, 0.15) is 0 Å². The topological polar surface area (TPSA) is 124 Å². The summed E-state index contributed by atoms with van der Waals surface area (Å²) in [5, 5.41) is 10.8. The van der Waals surface area contributed by atoms with Crippen LogP contribution in [0.2, 0.25) is 0 Å². The maximum Gasteiger partial charge on any atom is 0.313 e. The fraction of sp³-hybridized carbons (Fsp3) is 0.200. The van der Waals surface area contributed by atoms with Gasteiger partial charge in [-0.2, -0.15) is 12.7 Å². The van der Waals surface area contributed by atoms with Crippen LogP contribution in [0.1, 0.15) is 11.1 Å². The Morgan fingerprint density at radius 1 is 1.08 bits per heavy atom. The second kappa shape index (κ2) is 7.50. The van der Waals surface area contributed by atoms with Gasteiger partial charge in [-0.3, -0.25) is 10.1 Å². The molecule has 0 saturated carbocycles. The number of aryl methyl sites for hydroxylation is 1. The number of benzene rings is 2. The van der Waals surface area contributed by atoms with Crippen molar-refractivity contribution in [2.75, 3.05) is 7.05 Å². The van der Waals surface area contributed by atoms with Crippen LogP contribution < -0.4 is 0 Å². The van der Waals surface area contributed by atoms with Crippen molar-refractivity contribution in [2.45, 2.75) is 17.6 Å². The van der Waals surface area contributed by atoms with Gasteiger partial charge in [-0.15, -0.1) is 0 Å². The Morgan fingerprint density at radius 2 is 1.69 bits per heavy atom. The normalized spacial score (nSPS) is 12.3. The number of nitro benzene ring substituents is 1. The highest BCUT2D eigenvalue weighted by Gasteiger charge is 2.27. The van der Waals surface area contributed by atoms with Crippen molar-refractivity contribution in [1.82, 2.24) is 4.47 Å². The van der Waals surface area contributed by atoms with Crippen molar-refractivity contribution in [2.24, 2.45) is 0 Å². The van der Waals surface area contributed by atoms with Crippen LogP contribution in [-0.2, 0) is 30.2 Å². The molecule has 0 atom stereocenters. The van der Waals surface area contributed by atoms with E-state index in [-0.39, 0.29) is 20.6 Å². The van der Waals surface area contributed by atoms with Gasteiger partial charge in [0, 0.05) is 19.2 Å². The van der Waals surface area contributed by atoms with Crippen molar-refractivity contribution in [3.63, 3.8) is 0 Å². The molecule has 0 aromatic heterocycles. The van der Waals surface area contributed by atoms with Crippen LogP contribution in [0.3, 0.4) is 0 Å².